The summed E-state index contributed by atoms with van der Waals surface area (Å²) in [6.07, 6.45) is 0.713. The predicted molar refractivity (Wildman–Crippen MR) is 64.8 cm³/mol. The second-order valence-electron chi connectivity index (χ2n) is 3.54. The summed E-state index contributed by atoms with van der Waals surface area (Å²) in [4.78, 5) is 10.9. The largest absolute Gasteiger partial charge is 0.493 e. The molecule has 0 aliphatic carbocycles. The van der Waals surface area contributed by atoms with Gasteiger partial charge in [-0.2, -0.15) is 0 Å². The third-order valence-corrected chi connectivity index (χ3v) is 2.43. The van der Waals surface area contributed by atoms with Gasteiger partial charge in [0.05, 0.1) is 19.8 Å². The van der Waals surface area contributed by atoms with E-state index in [1.165, 1.54) is 14.2 Å². The minimum atomic E-state index is 0.252. The van der Waals surface area contributed by atoms with Gasteiger partial charge in [-0.15, -0.1) is 0 Å². The maximum Gasteiger partial charge on any atom is 0.172 e. The van der Waals surface area contributed by atoms with E-state index < -0.39 is 0 Å². The summed E-state index contributed by atoms with van der Waals surface area (Å²) in [5, 5.41) is 3.60. The Morgan fingerprint density at radius 2 is 2.06 bits per heavy atom. The van der Waals surface area contributed by atoms with Crippen LogP contribution in [-0.2, 0) is 0 Å². The lowest BCUT2D eigenvalue weighted by molar-refractivity contribution is 0.112. The van der Waals surface area contributed by atoms with Crippen LogP contribution in [0, 0.1) is 0 Å². The predicted octanol–water partition coefficient (Wildman–Crippen LogP) is 1.75. The van der Waals surface area contributed by atoms with Crippen LogP contribution in [0.2, 0.25) is 0 Å². The first kappa shape index (κ1) is 12.0. The Morgan fingerprint density at radius 1 is 1.28 bits per heavy atom. The quantitative estimate of drug-likeness (QED) is 0.829. The Labute approximate surface area is 103 Å². The summed E-state index contributed by atoms with van der Waals surface area (Å²) in [5.74, 6) is 1.56. The summed E-state index contributed by atoms with van der Waals surface area (Å²) in [6.45, 7) is 0. The van der Waals surface area contributed by atoms with Gasteiger partial charge in [0.15, 0.2) is 23.1 Å². The minimum absolute atomic E-state index is 0.252. The number of aldehydes is 1. The van der Waals surface area contributed by atoms with E-state index >= 15 is 0 Å². The van der Waals surface area contributed by atoms with Crippen molar-refractivity contribution >= 4 is 12.1 Å². The van der Waals surface area contributed by atoms with Gasteiger partial charge in [-0.1, -0.05) is 5.16 Å². The third kappa shape index (κ3) is 2.00. The van der Waals surface area contributed by atoms with Gasteiger partial charge in [-0.3, -0.25) is 4.79 Å². The molecule has 18 heavy (non-hydrogen) atoms. The van der Waals surface area contributed by atoms with Crippen molar-refractivity contribution in [2.45, 2.75) is 0 Å². The second-order valence-corrected chi connectivity index (χ2v) is 3.54. The molecule has 0 radical (unpaired) electrons. The summed E-state index contributed by atoms with van der Waals surface area (Å²) in [6, 6.07) is 4.75. The summed E-state index contributed by atoms with van der Waals surface area (Å²) in [5.41, 5.74) is 6.50. The molecule has 0 saturated carbocycles. The van der Waals surface area contributed by atoms with Crippen molar-refractivity contribution in [3.8, 4) is 22.8 Å². The summed E-state index contributed by atoms with van der Waals surface area (Å²) >= 11 is 0. The maximum atomic E-state index is 10.9. The van der Waals surface area contributed by atoms with E-state index in [9.17, 15) is 4.79 Å². The number of methoxy groups -OCH3 is 2. The van der Waals surface area contributed by atoms with Crippen LogP contribution in [0.25, 0.3) is 11.3 Å². The van der Waals surface area contributed by atoms with Crippen molar-refractivity contribution in [2.75, 3.05) is 20.0 Å². The van der Waals surface area contributed by atoms with Gasteiger partial charge in [0, 0.05) is 11.6 Å². The van der Waals surface area contributed by atoms with Crippen molar-refractivity contribution in [1.29, 1.82) is 0 Å². The lowest BCUT2D eigenvalue weighted by atomic mass is 10.1. The van der Waals surface area contributed by atoms with E-state index in [-0.39, 0.29) is 5.82 Å². The van der Waals surface area contributed by atoms with Crippen LogP contribution in [0.1, 0.15) is 10.4 Å². The molecule has 2 rings (SSSR count). The number of nitrogens with zero attached hydrogens (tertiary/aromatic N) is 1. The highest BCUT2D eigenvalue weighted by Crippen LogP contribution is 2.39. The molecule has 94 valence electrons. The Morgan fingerprint density at radius 3 is 2.56 bits per heavy atom. The number of rotatable bonds is 4. The van der Waals surface area contributed by atoms with Crippen LogP contribution in [0.4, 0.5) is 5.82 Å². The lowest BCUT2D eigenvalue weighted by Gasteiger charge is -2.11. The molecule has 0 unspecified atom stereocenters. The molecule has 0 bridgehead atoms. The smallest absolute Gasteiger partial charge is 0.172 e. The maximum absolute atomic E-state index is 10.9. The fraction of sp³-hybridized carbons (Fsp3) is 0.167. The zero-order valence-electron chi connectivity index (χ0n) is 9.97. The number of nitrogen functional groups attached to an aromatic ring is 1. The number of nitrogens with two attached hydrogens (primary N) is 1. The first-order valence-electron chi connectivity index (χ1n) is 5.13. The van der Waals surface area contributed by atoms with Gasteiger partial charge < -0.3 is 19.7 Å². The van der Waals surface area contributed by atoms with Crippen LogP contribution in [-0.4, -0.2) is 25.7 Å². The monoisotopic (exact) mass is 248 g/mol. The number of aromatic nitrogens is 1. The highest BCUT2D eigenvalue weighted by Gasteiger charge is 2.17. The van der Waals surface area contributed by atoms with Gasteiger partial charge in [-0.05, 0) is 12.1 Å². The standard InChI is InChI=1S/C12H12N2O4/c1-16-10-4-7(6-15)3-8(12(10)17-2)9-5-11(13)14-18-9/h3-6H,1-2H3,(H2,13,14). The van der Waals surface area contributed by atoms with Crippen LogP contribution >= 0.6 is 0 Å². The van der Waals surface area contributed by atoms with Gasteiger partial charge in [0.2, 0.25) is 0 Å². The van der Waals surface area contributed by atoms with Gasteiger partial charge in [-0.25, -0.2) is 0 Å². The van der Waals surface area contributed by atoms with Crippen molar-refractivity contribution in [2.24, 2.45) is 0 Å². The summed E-state index contributed by atoms with van der Waals surface area (Å²) in [7, 11) is 2.99. The normalized spacial score (nSPS) is 10.1. The molecule has 0 aliphatic heterocycles. The van der Waals surface area contributed by atoms with Gasteiger partial charge >= 0.3 is 0 Å². The molecule has 0 spiro atoms. The zero-order valence-corrected chi connectivity index (χ0v) is 9.97. The van der Waals surface area contributed by atoms with E-state index in [1.807, 2.05) is 0 Å². The molecule has 0 aliphatic rings. The molecule has 1 aromatic carbocycles. The molecule has 6 heteroatoms. The van der Waals surface area contributed by atoms with Crippen molar-refractivity contribution in [1.82, 2.24) is 5.16 Å². The van der Waals surface area contributed by atoms with Crippen molar-refractivity contribution in [3.05, 3.63) is 23.8 Å². The molecule has 1 aromatic heterocycles. The Hall–Kier alpha value is -2.50. The first-order valence-corrected chi connectivity index (χ1v) is 5.13. The molecule has 0 atom stereocenters. The number of benzene rings is 1. The fourth-order valence-electron chi connectivity index (χ4n) is 1.65. The van der Waals surface area contributed by atoms with Gasteiger partial charge in [0.1, 0.15) is 6.29 Å². The minimum Gasteiger partial charge on any atom is -0.493 e. The van der Waals surface area contributed by atoms with E-state index in [0.29, 0.717) is 34.7 Å². The van der Waals surface area contributed by atoms with E-state index in [4.69, 9.17) is 19.7 Å². The van der Waals surface area contributed by atoms with Crippen LogP contribution in [0.5, 0.6) is 11.5 Å². The number of carbonyl (C=O) groups excluding carboxylic acids is 1. The van der Waals surface area contributed by atoms with E-state index in [1.54, 1.807) is 18.2 Å². The van der Waals surface area contributed by atoms with Crippen LogP contribution in [0.3, 0.4) is 0 Å². The second kappa shape index (κ2) is 4.79. The van der Waals surface area contributed by atoms with Crippen LogP contribution < -0.4 is 15.2 Å². The van der Waals surface area contributed by atoms with Crippen molar-refractivity contribution < 1.29 is 18.8 Å². The molecule has 0 amide bonds. The van der Waals surface area contributed by atoms with Crippen LogP contribution in [0.15, 0.2) is 22.7 Å². The fourth-order valence-corrected chi connectivity index (χ4v) is 1.65. The Balaban J connectivity index is 2.66. The molecular weight excluding hydrogens is 236 g/mol. The lowest BCUT2D eigenvalue weighted by Crippen LogP contribution is -1.95. The first-order chi connectivity index (χ1) is 8.69. The topological polar surface area (TPSA) is 87.6 Å². The van der Waals surface area contributed by atoms with Gasteiger partial charge in [0.25, 0.3) is 0 Å². The van der Waals surface area contributed by atoms with Crippen molar-refractivity contribution in [3.63, 3.8) is 0 Å². The Bertz CT molecular complexity index is 577. The Kier molecular flexibility index (Phi) is 3.18. The molecule has 0 saturated heterocycles. The highest BCUT2D eigenvalue weighted by atomic mass is 16.5. The molecule has 6 nitrogen and oxygen atoms in total. The molecule has 1 heterocycles. The SMILES string of the molecule is COc1cc(C=O)cc(-c2cc(N)no2)c1OC. The average Bonchev–Trinajstić information content (AvgIpc) is 2.83. The molecule has 2 N–H and O–H groups in total. The highest BCUT2D eigenvalue weighted by molar-refractivity contribution is 5.83. The molecular formula is C12H12N2O4. The number of carbonyl (C=O) groups is 1. The third-order valence-electron chi connectivity index (χ3n) is 2.43. The average molecular weight is 248 g/mol. The number of anilines is 1. The summed E-state index contributed by atoms with van der Waals surface area (Å²) < 4.78 is 15.5. The zero-order chi connectivity index (χ0) is 13.1. The van der Waals surface area contributed by atoms with E-state index in [2.05, 4.69) is 5.16 Å². The number of ether oxygens (including phenoxy) is 2. The number of hydrogen-bond donors (Lipinski definition) is 1. The molecule has 2 aromatic rings. The number of hydrogen-bond acceptors (Lipinski definition) is 6. The molecule has 0 fully saturated rings. The van der Waals surface area contributed by atoms with E-state index in [0.717, 1.165) is 0 Å².